The molecule has 2 aromatic carbocycles. The van der Waals surface area contributed by atoms with Crippen LogP contribution in [0.5, 0.6) is 5.75 Å². The van der Waals surface area contributed by atoms with Crippen LogP contribution in [0, 0.1) is 5.82 Å². The van der Waals surface area contributed by atoms with E-state index in [9.17, 15) is 19.1 Å². The Labute approximate surface area is 194 Å². The Morgan fingerprint density at radius 2 is 1.67 bits per heavy atom. The fourth-order valence-electron chi connectivity index (χ4n) is 4.01. The van der Waals surface area contributed by atoms with Crippen molar-refractivity contribution in [2.75, 3.05) is 26.2 Å². The van der Waals surface area contributed by atoms with E-state index in [2.05, 4.69) is 4.90 Å². The van der Waals surface area contributed by atoms with Gasteiger partial charge in [-0.15, -0.1) is 0 Å². The number of amides is 1. The Hall–Kier alpha value is -3.19. The number of benzene rings is 2. The maximum absolute atomic E-state index is 13.6. The van der Waals surface area contributed by atoms with Gasteiger partial charge in [-0.3, -0.25) is 9.59 Å². The number of carbonyl (C=O) groups excluding carboxylic acids is 2. The van der Waals surface area contributed by atoms with Crippen molar-refractivity contribution in [3.05, 3.63) is 71.0 Å². The number of likely N-dealkylation sites (N-methyl/N-ethyl adjacent to an activating group) is 1. The average molecular weight is 455 g/mol. The quantitative estimate of drug-likeness (QED) is 0.346. The van der Waals surface area contributed by atoms with Crippen LogP contribution >= 0.6 is 0 Å². The molecule has 0 aromatic heterocycles. The summed E-state index contributed by atoms with van der Waals surface area (Å²) in [6, 6.07) is 11.6. The number of likely N-dealkylation sites (tertiary alicyclic amines) is 1. The lowest BCUT2D eigenvalue weighted by molar-refractivity contribution is -0.140. The summed E-state index contributed by atoms with van der Waals surface area (Å²) in [4.78, 5) is 29.7. The fraction of sp³-hybridized carbons (Fsp3) is 0.385. The number of Topliss-reactive ketones (excluding diaryl/α,β-unsaturated/α-hetero) is 1. The van der Waals surface area contributed by atoms with Gasteiger partial charge in [0.2, 0.25) is 0 Å². The molecule has 1 aliphatic rings. The number of carbonyl (C=O) groups is 2. The van der Waals surface area contributed by atoms with E-state index in [1.54, 1.807) is 36.4 Å². The Bertz CT molecular complexity index is 1010. The largest absolute Gasteiger partial charge is 0.507 e. The molecule has 0 spiro atoms. The van der Waals surface area contributed by atoms with Crippen LogP contribution in [0.4, 0.5) is 4.39 Å². The van der Waals surface area contributed by atoms with Crippen molar-refractivity contribution < 1.29 is 23.8 Å². The van der Waals surface area contributed by atoms with Crippen LogP contribution in [0.15, 0.2) is 54.1 Å². The molecule has 6 nitrogen and oxygen atoms in total. The van der Waals surface area contributed by atoms with Crippen molar-refractivity contribution in [3.63, 3.8) is 0 Å². The standard InChI is InChI=1S/C26H31FN2O4/c1-5-28(6-2)15-16-29-23(18-7-11-20(27)12-8-18)22(25(31)26(29)32)24(30)19-9-13-21(14-10-19)33-17(3)4/h7-14,17,23,30H,5-6,15-16H2,1-4H3/b24-22+. The number of ketones is 1. The maximum Gasteiger partial charge on any atom is 0.295 e. The van der Waals surface area contributed by atoms with Crippen LogP contribution < -0.4 is 4.74 Å². The molecule has 0 aliphatic carbocycles. The van der Waals surface area contributed by atoms with Gasteiger partial charge >= 0.3 is 0 Å². The molecule has 176 valence electrons. The summed E-state index contributed by atoms with van der Waals surface area (Å²) >= 11 is 0. The number of aliphatic hydroxyl groups is 1. The summed E-state index contributed by atoms with van der Waals surface area (Å²) in [5.41, 5.74) is 0.972. The van der Waals surface area contributed by atoms with Gasteiger partial charge in [0.05, 0.1) is 17.7 Å². The Morgan fingerprint density at radius 3 is 2.21 bits per heavy atom. The summed E-state index contributed by atoms with van der Waals surface area (Å²) in [6.45, 7) is 10.4. The van der Waals surface area contributed by atoms with Crippen LogP contribution in [-0.2, 0) is 9.59 Å². The first kappa shape index (κ1) is 24.5. The van der Waals surface area contributed by atoms with E-state index in [-0.39, 0.29) is 17.4 Å². The van der Waals surface area contributed by atoms with Crippen molar-refractivity contribution in [2.24, 2.45) is 0 Å². The molecule has 1 heterocycles. The maximum atomic E-state index is 13.6. The molecule has 0 radical (unpaired) electrons. The predicted octanol–water partition coefficient (Wildman–Crippen LogP) is 4.38. The highest BCUT2D eigenvalue weighted by Gasteiger charge is 2.45. The molecule has 1 unspecified atom stereocenters. The van der Waals surface area contributed by atoms with Crippen LogP contribution in [0.3, 0.4) is 0 Å². The molecule has 0 saturated carbocycles. The van der Waals surface area contributed by atoms with E-state index in [4.69, 9.17) is 4.74 Å². The van der Waals surface area contributed by atoms with Crippen molar-refractivity contribution in [2.45, 2.75) is 39.8 Å². The van der Waals surface area contributed by atoms with E-state index in [0.717, 1.165) is 13.1 Å². The summed E-state index contributed by atoms with van der Waals surface area (Å²) in [5.74, 6) is -1.46. The molecule has 1 aliphatic heterocycles. The first-order valence-corrected chi connectivity index (χ1v) is 11.3. The zero-order valence-corrected chi connectivity index (χ0v) is 19.5. The van der Waals surface area contributed by atoms with Crippen LogP contribution in [-0.4, -0.2) is 58.9 Å². The lowest BCUT2D eigenvalue weighted by Gasteiger charge is -2.28. The van der Waals surface area contributed by atoms with Gasteiger partial charge in [0.1, 0.15) is 17.3 Å². The summed E-state index contributed by atoms with van der Waals surface area (Å²) in [7, 11) is 0. The van der Waals surface area contributed by atoms with Gasteiger partial charge in [0.15, 0.2) is 0 Å². The lowest BCUT2D eigenvalue weighted by Crippen LogP contribution is -2.38. The minimum absolute atomic E-state index is 0.000875. The number of aliphatic hydroxyl groups excluding tert-OH is 1. The van der Waals surface area contributed by atoms with Gasteiger partial charge in [-0.1, -0.05) is 26.0 Å². The third-order valence-electron chi connectivity index (χ3n) is 5.78. The first-order chi connectivity index (χ1) is 15.8. The third-order valence-corrected chi connectivity index (χ3v) is 5.78. The number of ether oxygens (including phenoxy) is 1. The van der Waals surface area contributed by atoms with Gasteiger partial charge in [-0.25, -0.2) is 4.39 Å². The smallest absolute Gasteiger partial charge is 0.295 e. The van der Waals surface area contributed by atoms with E-state index in [1.807, 2.05) is 27.7 Å². The highest BCUT2D eigenvalue weighted by atomic mass is 19.1. The van der Waals surface area contributed by atoms with Gasteiger partial charge in [-0.2, -0.15) is 0 Å². The average Bonchev–Trinajstić information content (AvgIpc) is 3.05. The van der Waals surface area contributed by atoms with Gasteiger partial charge < -0.3 is 19.6 Å². The van der Waals surface area contributed by atoms with E-state index in [1.165, 1.54) is 17.0 Å². The minimum atomic E-state index is -0.798. The zero-order valence-electron chi connectivity index (χ0n) is 19.5. The summed E-state index contributed by atoms with van der Waals surface area (Å²) in [5, 5.41) is 11.1. The Balaban J connectivity index is 2.04. The molecule has 33 heavy (non-hydrogen) atoms. The number of rotatable bonds is 9. The first-order valence-electron chi connectivity index (χ1n) is 11.3. The highest BCUT2D eigenvalue weighted by molar-refractivity contribution is 6.46. The molecule has 7 heteroatoms. The zero-order chi connectivity index (χ0) is 24.1. The van der Waals surface area contributed by atoms with Gasteiger partial charge in [-0.05, 0) is 68.9 Å². The molecular formula is C26H31FN2O4. The van der Waals surface area contributed by atoms with Gasteiger partial charge in [0, 0.05) is 18.7 Å². The normalized spacial score (nSPS) is 17.9. The second-order valence-corrected chi connectivity index (χ2v) is 8.26. The second kappa shape index (κ2) is 10.6. The van der Waals surface area contributed by atoms with E-state index < -0.39 is 23.5 Å². The van der Waals surface area contributed by atoms with Crippen molar-refractivity contribution in [1.29, 1.82) is 0 Å². The number of halogens is 1. The molecule has 1 atom stereocenters. The number of hydrogen-bond donors (Lipinski definition) is 1. The van der Waals surface area contributed by atoms with Crippen molar-refractivity contribution in [3.8, 4) is 5.75 Å². The summed E-state index contributed by atoms with van der Waals surface area (Å²) < 4.78 is 19.2. The van der Waals surface area contributed by atoms with Crippen LogP contribution in [0.2, 0.25) is 0 Å². The molecule has 3 rings (SSSR count). The van der Waals surface area contributed by atoms with Crippen LogP contribution in [0.25, 0.3) is 5.76 Å². The third kappa shape index (κ3) is 5.42. The van der Waals surface area contributed by atoms with Crippen molar-refractivity contribution >= 4 is 17.4 Å². The number of nitrogens with zero attached hydrogens (tertiary/aromatic N) is 2. The van der Waals surface area contributed by atoms with Crippen molar-refractivity contribution in [1.82, 2.24) is 9.80 Å². The van der Waals surface area contributed by atoms with E-state index in [0.29, 0.717) is 30.0 Å². The molecule has 1 fully saturated rings. The molecular weight excluding hydrogens is 423 g/mol. The SMILES string of the molecule is CCN(CC)CCN1C(=O)C(=O)/C(=C(/O)c2ccc(OC(C)C)cc2)C1c1ccc(F)cc1. The van der Waals surface area contributed by atoms with E-state index >= 15 is 0 Å². The lowest BCUT2D eigenvalue weighted by atomic mass is 9.95. The topological polar surface area (TPSA) is 70.1 Å². The Kier molecular flexibility index (Phi) is 7.87. The summed E-state index contributed by atoms with van der Waals surface area (Å²) in [6.07, 6.45) is -0.000875. The monoisotopic (exact) mass is 454 g/mol. The van der Waals surface area contributed by atoms with Gasteiger partial charge in [0.25, 0.3) is 11.7 Å². The van der Waals surface area contributed by atoms with Crippen LogP contribution in [0.1, 0.15) is 44.9 Å². The number of hydrogen-bond acceptors (Lipinski definition) is 5. The molecule has 2 aromatic rings. The molecule has 1 saturated heterocycles. The predicted molar refractivity (Wildman–Crippen MR) is 125 cm³/mol. The second-order valence-electron chi connectivity index (χ2n) is 8.26. The Morgan fingerprint density at radius 1 is 1.06 bits per heavy atom. The molecule has 1 amide bonds. The highest BCUT2D eigenvalue weighted by Crippen LogP contribution is 2.39. The molecule has 0 bridgehead atoms. The fourth-order valence-corrected chi connectivity index (χ4v) is 4.01. The molecule has 1 N–H and O–H groups in total. The minimum Gasteiger partial charge on any atom is -0.507 e.